The fourth-order valence-corrected chi connectivity index (χ4v) is 8.38. The number of hydrogen-bond donors (Lipinski definition) is 0. The standard InChI is InChI=1S/C48H30N2O/c1-49-35-25-29-37(30-26-35)50(36-27-22-33(23-28-36)32-12-3-2-4-13-32)44-20-11-19-42-46(44)39-16-7-8-17-40(39)48(42)41-18-9-10-21-45(41)51-47-38-15-6-5-14-34(38)24-31-43(47)48/h2-31H. The molecule has 0 bridgehead atoms. The van der Waals surface area contributed by atoms with Gasteiger partial charge in [-0.3, -0.25) is 0 Å². The fourth-order valence-electron chi connectivity index (χ4n) is 8.38. The molecule has 10 rings (SSSR count). The first kappa shape index (κ1) is 29.1. The maximum Gasteiger partial charge on any atom is 0.187 e. The van der Waals surface area contributed by atoms with Crippen LogP contribution in [0.3, 0.4) is 0 Å². The van der Waals surface area contributed by atoms with Crippen molar-refractivity contribution in [2.45, 2.75) is 5.41 Å². The molecule has 8 aromatic carbocycles. The summed E-state index contributed by atoms with van der Waals surface area (Å²) in [4.78, 5) is 6.03. The number of rotatable bonds is 4. The van der Waals surface area contributed by atoms with E-state index in [1.807, 2.05) is 18.2 Å². The molecule has 8 aromatic rings. The highest BCUT2D eigenvalue weighted by atomic mass is 16.5. The molecule has 0 fully saturated rings. The molecule has 3 nitrogen and oxygen atoms in total. The van der Waals surface area contributed by atoms with E-state index in [2.05, 4.69) is 174 Å². The minimum absolute atomic E-state index is 0.604. The molecule has 0 radical (unpaired) electrons. The average molecular weight is 651 g/mol. The van der Waals surface area contributed by atoms with Crippen LogP contribution in [0.2, 0.25) is 0 Å². The van der Waals surface area contributed by atoms with Crippen LogP contribution in [0.25, 0.3) is 37.9 Å². The lowest BCUT2D eigenvalue weighted by atomic mass is 9.65. The van der Waals surface area contributed by atoms with Crippen molar-refractivity contribution in [3.05, 3.63) is 216 Å². The van der Waals surface area contributed by atoms with Gasteiger partial charge in [0.05, 0.1) is 17.7 Å². The highest BCUT2D eigenvalue weighted by Crippen LogP contribution is 2.64. The van der Waals surface area contributed by atoms with Crippen molar-refractivity contribution in [1.82, 2.24) is 0 Å². The summed E-state index contributed by atoms with van der Waals surface area (Å²) in [5.41, 5.74) is 12.6. The van der Waals surface area contributed by atoms with Crippen molar-refractivity contribution in [2.24, 2.45) is 0 Å². The van der Waals surface area contributed by atoms with Crippen molar-refractivity contribution in [1.29, 1.82) is 0 Å². The first-order valence-corrected chi connectivity index (χ1v) is 17.2. The van der Waals surface area contributed by atoms with Gasteiger partial charge in [0.15, 0.2) is 5.69 Å². The van der Waals surface area contributed by atoms with Gasteiger partial charge < -0.3 is 9.64 Å². The molecule has 0 amide bonds. The summed E-state index contributed by atoms with van der Waals surface area (Å²) < 4.78 is 6.86. The Kier molecular flexibility index (Phi) is 6.46. The quantitative estimate of drug-likeness (QED) is 0.176. The second-order valence-electron chi connectivity index (χ2n) is 13.1. The van der Waals surface area contributed by atoms with Crippen LogP contribution in [0.4, 0.5) is 22.7 Å². The predicted octanol–water partition coefficient (Wildman–Crippen LogP) is 13.0. The Hall–Kier alpha value is -6.89. The Morgan fingerprint density at radius 1 is 0.490 bits per heavy atom. The van der Waals surface area contributed by atoms with E-state index in [1.165, 1.54) is 27.8 Å². The van der Waals surface area contributed by atoms with Gasteiger partial charge in [-0.15, -0.1) is 0 Å². The number of hydrogen-bond acceptors (Lipinski definition) is 2. The van der Waals surface area contributed by atoms with Crippen LogP contribution in [0.5, 0.6) is 11.5 Å². The predicted molar refractivity (Wildman–Crippen MR) is 208 cm³/mol. The van der Waals surface area contributed by atoms with Gasteiger partial charge in [-0.1, -0.05) is 146 Å². The van der Waals surface area contributed by atoms with Crippen LogP contribution in [-0.4, -0.2) is 0 Å². The van der Waals surface area contributed by atoms with Crippen molar-refractivity contribution in [3.8, 4) is 33.8 Å². The lowest BCUT2D eigenvalue weighted by molar-refractivity contribution is 0.441. The zero-order valence-electron chi connectivity index (χ0n) is 27.6. The van der Waals surface area contributed by atoms with Gasteiger partial charge in [-0.2, -0.15) is 0 Å². The molecule has 2 aliphatic rings. The molecule has 1 unspecified atom stereocenters. The van der Waals surface area contributed by atoms with Gasteiger partial charge >= 0.3 is 0 Å². The molecular weight excluding hydrogens is 621 g/mol. The van der Waals surface area contributed by atoms with E-state index < -0.39 is 5.41 Å². The van der Waals surface area contributed by atoms with Crippen LogP contribution in [0.15, 0.2) is 182 Å². The summed E-state index contributed by atoms with van der Waals surface area (Å²) in [6.45, 7) is 7.62. The molecule has 3 heteroatoms. The average Bonchev–Trinajstić information content (AvgIpc) is 3.50. The Bertz CT molecular complexity index is 2670. The molecule has 1 aliphatic carbocycles. The van der Waals surface area contributed by atoms with Crippen molar-refractivity contribution in [2.75, 3.05) is 4.90 Å². The van der Waals surface area contributed by atoms with Crippen molar-refractivity contribution in [3.63, 3.8) is 0 Å². The summed E-state index contributed by atoms with van der Waals surface area (Å²) in [6.07, 6.45) is 0. The zero-order chi connectivity index (χ0) is 33.9. The number of nitrogens with zero attached hydrogens (tertiary/aromatic N) is 2. The molecule has 1 spiro atoms. The summed E-state index contributed by atoms with van der Waals surface area (Å²) in [5, 5.41) is 2.25. The molecule has 1 heterocycles. The molecule has 0 saturated carbocycles. The van der Waals surface area contributed by atoms with Crippen molar-refractivity contribution < 1.29 is 4.74 Å². The van der Waals surface area contributed by atoms with Gasteiger partial charge in [0.25, 0.3) is 0 Å². The Balaban J connectivity index is 1.27. The molecule has 1 aliphatic heterocycles. The minimum Gasteiger partial charge on any atom is -0.456 e. The van der Waals surface area contributed by atoms with Gasteiger partial charge in [0.2, 0.25) is 0 Å². The number of para-hydroxylation sites is 1. The summed E-state index contributed by atoms with van der Waals surface area (Å²) >= 11 is 0. The molecule has 0 saturated heterocycles. The Morgan fingerprint density at radius 3 is 1.94 bits per heavy atom. The van der Waals surface area contributed by atoms with E-state index in [0.717, 1.165) is 56.0 Å². The van der Waals surface area contributed by atoms with E-state index in [4.69, 9.17) is 11.3 Å². The number of anilines is 3. The maximum atomic E-state index is 7.62. The third-order valence-corrected chi connectivity index (χ3v) is 10.5. The van der Waals surface area contributed by atoms with Crippen LogP contribution in [-0.2, 0) is 5.41 Å². The van der Waals surface area contributed by atoms with Crippen LogP contribution in [0.1, 0.15) is 22.3 Å². The first-order valence-electron chi connectivity index (χ1n) is 17.2. The van der Waals surface area contributed by atoms with E-state index in [9.17, 15) is 0 Å². The van der Waals surface area contributed by atoms with Gasteiger partial charge in [-0.05, 0) is 69.6 Å². The normalized spacial score (nSPS) is 14.9. The molecule has 0 aromatic heterocycles. The first-order chi connectivity index (χ1) is 25.3. The number of benzene rings is 8. The Labute approximate surface area is 297 Å². The van der Waals surface area contributed by atoms with Gasteiger partial charge in [0, 0.05) is 33.5 Å². The summed E-state index contributed by atoms with van der Waals surface area (Å²) in [6, 6.07) is 64.3. The van der Waals surface area contributed by atoms with E-state index in [1.54, 1.807) is 0 Å². The molecular formula is C48H30N2O. The monoisotopic (exact) mass is 650 g/mol. The van der Waals surface area contributed by atoms with Gasteiger partial charge in [-0.25, -0.2) is 4.85 Å². The molecule has 0 N–H and O–H groups in total. The number of ether oxygens (including phenoxy) is 1. The SMILES string of the molecule is [C-]#[N+]c1ccc(N(c2ccc(-c3ccccc3)cc2)c2cccc3c2-c2ccccc2C32c3ccccc3Oc3c2ccc2ccccc32)cc1. The van der Waals surface area contributed by atoms with E-state index in [-0.39, 0.29) is 0 Å². The second kappa shape index (κ2) is 11.3. The van der Waals surface area contributed by atoms with E-state index in [0.29, 0.717) is 5.69 Å². The molecule has 51 heavy (non-hydrogen) atoms. The highest BCUT2D eigenvalue weighted by Gasteiger charge is 2.52. The maximum absolute atomic E-state index is 7.62. The fraction of sp³-hybridized carbons (Fsp3) is 0.0208. The van der Waals surface area contributed by atoms with Crippen LogP contribution in [0, 0.1) is 6.57 Å². The minimum atomic E-state index is -0.604. The van der Waals surface area contributed by atoms with Crippen LogP contribution >= 0.6 is 0 Å². The smallest absolute Gasteiger partial charge is 0.187 e. The molecule has 238 valence electrons. The zero-order valence-corrected chi connectivity index (χ0v) is 27.6. The topological polar surface area (TPSA) is 16.8 Å². The molecule has 1 atom stereocenters. The second-order valence-corrected chi connectivity index (χ2v) is 13.1. The number of fused-ring (bicyclic) bond motifs is 11. The summed E-state index contributed by atoms with van der Waals surface area (Å²) in [7, 11) is 0. The summed E-state index contributed by atoms with van der Waals surface area (Å²) in [5.74, 6) is 1.78. The van der Waals surface area contributed by atoms with Crippen molar-refractivity contribution >= 4 is 33.5 Å². The largest absolute Gasteiger partial charge is 0.456 e. The lowest BCUT2D eigenvalue weighted by Crippen LogP contribution is -2.32. The lowest BCUT2D eigenvalue weighted by Gasteiger charge is -2.40. The van der Waals surface area contributed by atoms with Gasteiger partial charge in [0.1, 0.15) is 11.5 Å². The highest BCUT2D eigenvalue weighted by molar-refractivity contribution is 6.00. The Morgan fingerprint density at radius 2 is 1.14 bits per heavy atom. The van der Waals surface area contributed by atoms with Crippen LogP contribution < -0.4 is 9.64 Å². The third-order valence-electron chi connectivity index (χ3n) is 10.5. The third kappa shape index (κ3) is 4.24. The van der Waals surface area contributed by atoms with E-state index >= 15 is 0 Å².